The van der Waals surface area contributed by atoms with Gasteiger partial charge in [0, 0.05) is 30.4 Å². The minimum Gasteiger partial charge on any atom is -0.335 e. The van der Waals surface area contributed by atoms with Gasteiger partial charge >= 0.3 is 17.8 Å². The third-order valence-corrected chi connectivity index (χ3v) is 5.41. The lowest BCUT2D eigenvalue weighted by Gasteiger charge is -2.32. The Kier molecular flexibility index (Phi) is 5.03. The molecule has 1 atom stereocenters. The Bertz CT molecular complexity index is 817. The number of piperazine rings is 1. The molecule has 1 aromatic heterocycles. The Labute approximate surface area is 150 Å². The van der Waals surface area contributed by atoms with Crippen molar-refractivity contribution in [2.45, 2.75) is 26.3 Å². The topological polar surface area (TPSA) is 69.7 Å². The Morgan fingerprint density at radius 2 is 2.00 bits per heavy atom. The molecule has 1 aromatic carbocycles. The summed E-state index contributed by atoms with van der Waals surface area (Å²) in [6, 6.07) is 7.51. The zero-order valence-corrected chi connectivity index (χ0v) is 15.1. The highest BCUT2D eigenvalue weighted by Gasteiger charge is 2.35. The predicted molar refractivity (Wildman–Crippen MR) is 97.5 cm³/mol. The summed E-state index contributed by atoms with van der Waals surface area (Å²) in [5.41, 5.74) is 1.17. The number of imide groups is 1. The number of thiophene rings is 1. The number of carbonyl (C=O) groups excluding carboxylic acids is 3. The van der Waals surface area contributed by atoms with Crippen molar-refractivity contribution in [3.63, 3.8) is 0 Å². The van der Waals surface area contributed by atoms with Gasteiger partial charge in [0.05, 0.1) is 0 Å². The molecule has 3 rings (SSSR count). The van der Waals surface area contributed by atoms with Gasteiger partial charge in [0.25, 0.3) is 0 Å². The molecule has 1 N–H and O–H groups in total. The number of carbonyl (C=O) groups is 3. The molecule has 0 saturated carbocycles. The van der Waals surface area contributed by atoms with Gasteiger partial charge in [-0.1, -0.05) is 18.2 Å². The number of hydrogen-bond donors (Lipinski definition) is 1. The Balaban J connectivity index is 1.63. The minimum atomic E-state index is -0.751. The SMILES string of the molecule is CCN1CCN(C(=O)N[C@@H](C)Cc2csc3ccccc23)C(=O)C1=O. The first kappa shape index (κ1) is 17.4. The summed E-state index contributed by atoms with van der Waals surface area (Å²) in [6.07, 6.45) is 0.673. The highest BCUT2D eigenvalue weighted by molar-refractivity contribution is 7.17. The van der Waals surface area contributed by atoms with Gasteiger partial charge < -0.3 is 10.2 Å². The molecule has 1 saturated heterocycles. The fourth-order valence-electron chi connectivity index (χ4n) is 3.03. The molecule has 2 heterocycles. The van der Waals surface area contributed by atoms with Gasteiger partial charge in [-0.25, -0.2) is 4.79 Å². The van der Waals surface area contributed by atoms with Crippen LogP contribution in [0, 0.1) is 0 Å². The van der Waals surface area contributed by atoms with Crippen LogP contribution in [0.4, 0.5) is 4.79 Å². The van der Waals surface area contributed by atoms with Crippen molar-refractivity contribution in [1.82, 2.24) is 15.1 Å². The number of amides is 4. The zero-order valence-electron chi connectivity index (χ0n) is 14.3. The Morgan fingerprint density at radius 3 is 2.76 bits per heavy atom. The van der Waals surface area contributed by atoms with E-state index in [1.165, 1.54) is 20.5 Å². The van der Waals surface area contributed by atoms with Gasteiger partial charge in [0.1, 0.15) is 0 Å². The van der Waals surface area contributed by atoms with Gasteiger partial charge in [-0.2, -0.15) is 0 Å². The summed E-state index contributed by atoms with van der Waals surface area (Å²) in [5.74, 6) is -1.36. The van der Waals surface area contributed by atoms with Gasteiger partial charge in [0.15, 0.2) is 0 Å². The minimum absolute atomic E-state index is 0.141. The van der Waals surface area contributed by atoms with Crippen LogP contribution in [0.1, 0.15) is 19.4 Å². The second-order valence-corrected chi connectivity index (χ2v) is 7.06. The van der Waals surface area contributed by atoms with Crippen LogP contribution in [-0.4, -0.2) is 53.3 Å². The normalized spacial score (nSPS) is 16.4. The van der Waals surface area contributed by atoms with E-state index in [0.29, 0.717) is 19.5 Å². The second-order valence-electron chi connectivity index (χ2n) is 6.15. The maximum absolute atomic E-state index is 12.4. The first-order chi connectivity index (χ1) is 12.0. The zero-order chi connectivity index (χ0) is 18.0. The third-order valence-electron chi connectivity index (χ3n) is 4.39. The standard InChI is InChI=1S/C18H21N3O3S/c1-3-20-8-9-21(17(23)16(20)22)18(24)19-12(2)10-13-11-25-15-7-5-4-6-14(13)15/h4-7,11-12H,3,8-10H2,1-2H3,(H,19,24)/t12-/m0/s1. The second kappa shape index (κ2) is 7.23. The van der Waals surface area contributed by atoms with Crippen molar-refractivity contribution >= 4 is 39.3 Å². The summed E-state index contributed by atoms with van der Waals surface area (Å²) in [7, 11) is 0. The molecule has 0 spiro atoms. The first-order valence-electron chi connectivity index (χ1n) is 8.37. The van der Waals surface area contributed by atoms with Crippen LogP contribution in [0.2, 0.25) is 0 Å². The number of nitrogens with zero attached hydrogens (tertiary/aromatic N) is 2. The van der Waals surface area contributed by atoms with E-state index in [4.69, 9.17) is 0 Å². The summed E-state index contributed by atoms with van der Waals surface area (Å²) in [4.78, 5) is 38.8. The molecule has 25 heavy (non-hydrogen) atoms. The van der Waals surface area contributed by atoms with Crippen LogP contribution < -0.4 is 5.32 Å². The monoisotopic (exact) mass is 359 g/mol. The van der Waals surface area contributed by atoms with E-state index < -0.39 is 17.8 Å². The molecule has 0 aliphatic carbocycles. The smallest absolute Gasteiger partial charge is 0.324 e. The number of benzene rings is 1. The van der Waals surface area contributed by atoms with E-state index in [1.807, 2.05) is 26.0 Å². The Morgan fingerprint density at radius 1 is 1.24 bits per heavy atom. The molecule has 7 heteroatoms. The fourth-order valence-corrected chi connectivity index (χ4v) is 4.01. The molecule has 0 unspecified atom stereocenters. The van der Waals surface area contributed by atoms with Gasteiger partial charge in [-0.3, -0.25) is 14.5 Å². The van der Waals surface area contributed by atoms with E-state index in [2.05, 4.69) is 22.8 Å². The van der Waals surface area contributed by atoms with Gasteiger partial charge in [0.2, 0.25) is 0 Å². The van der Waals surface area contributed by atoms with Crippen LogP contribution in [0.3, 0.4) is 0 Å². The van der Waals surface area contributed by atoms with Crippen molar-refractivity contribution in [3.05, 3.63) is 35.2 Å². The number of rotatable bonds is 4. The first-order valence-corrected chi connectivity index (χ1v) is 9.25. The molecule has 0 radical (unpaired) electrons. The number of likely N-dealkylation sites (N-methyl/N-ethyl adjacent to an activating group) is 1. The average Bonchev–Trinajstić information content (AvgIpc) is 3.00. The molecular formula is C18H21N3O3S. The molecule has 1 fully saturated rings. The lowest BCUT2D eigenvalue weighted by atomic mass is 10.1. The molecule has 1 aliphatic heterocycles. The molecule has 2 aromatic rings. The summed E-state index contributed by atoms with van der Waals surface area (Å²) in [5, 5.41) is 6.13. The lowest BCUT2D eigenvalue weighted by molar-refractivity contribution is -0.153. The summed E-state index contributed by atoms with van der Waals surface area (Å²) in [6.45, 7) is 4.81. The van der Waals surface area contributed by atoms with E-state index in [1.54, 1.807) is 11.3 Å². The summed E-state index contributed by atoms with van der Waals surface area (Å²) < 4.78 is 1.22. The van der Waals surface area contributed by atoms with Gasteiger partial charge in [-0.05, 0) is 42.7 Å². The average molecular weight is 359 g/mol. The maximum atomic E-state index is 12.4. The van der Waals surface area contributed by atoms with E-state index >= 15 is 0 Å². The fraction of sp³-hybridized carbons (Fsp3) is 0.389. The third kappa shape index (κ3) is 3.51. The number of nitrogens with one attached hydrogen (secondary N) is 1. The van der Waals surface area contributed by atoms with Gasteiger partial charge in [-0.15, -0.1) is 11.3 Å². The highest BCUT2D eigenvalue weighted by atomic mass is 32.1. The van der Waals surface area contributed by atoms with Crippen LogP contribution in [0.15, 0.2) is 29.6 Å². The van der Waals surface area contributed by atoms with Crippen LogP contribution in [0.5, 0.6) is 0 Å². The maximum Gasteiger partial charge on any atom is 0.324 e. The number of urea groups is 1. The molecule has 0 bridgehead atoms. The number of fused-ring (bicyclic) bond motifs is 1. The molecule has 6 nitrogen and oxygen atoms in total. The van der Waals surface area contributed by atoms with E-state index in [9.17, 15) is 14.4 Å². The van der Waals surface area contributed by atoms with Crippen molar-refractivity contribution in [3.8, 4) is 0 Å². The summed E-state index contributed by atoms with van der Waals surface area (Å²) >= 11 is 1.68. The quantitative estimate of drug-likeness (QED) is 0.851. The molecular weight excluding hydrogens is 338 g/mol. The largest absolute Gasteiger partial charge is 0.335 e. The van der Waals surface area contributed by atoms with Crippen LogP contribution >= 0.6 is 11.3 Å². The van der Waals surface area contributed by atoms with Crippen LogP contribution in [0.25, 0.3) is 10.1 Å². The molecule has 1 aliphatic rings. The van der Waals surface area contributed by atoms with Crippen molar-refractivity contribution in [1.29, 1.82) is 0 Å². The highest BCUT2D eigenvalue weighted by Crippen LogP contribution is 2.26. The van der Waals surface area contributed by atoms with Crippen LogP contribution in [-0.2, 0) is 16.0 Å². The molecule has 4 amide bonds. The Hall–Kier alpha value is -2.41. The van der Waals surface area contributed by atoms with Crippen molar-refractivity contribution in [2.75, 3.05) is 19.6 Å². The number of hydrogen-bond acceptors (Lipinski definition) is 4. The molecule has 132 valence electrons. The van der Waals surface area contributed by atoms with Crippen molar-refractivity contribution < 1.29 is 14.4 Å². The predicted octanol–water partition coefficient (Wildman–Crippen LogP) is 2.23. The van der Waals surface area contributed by atoms with Crippen molar-refractivity contribution in [2.24, 2.45) is 0 Å². The van der Waals surface area contributed by atoms with E-state index in [0.717, 1.165) is 4.90 Å². The van der Waals surface area contributed by atoms with E-state index in [-0.39, 0.29) is 12.6 Å². The lowest BCUT2D eigenvalue weighted by Crippen LogP contribution is -2.59.